The van der Waals surface area contributed by atoms with Crippen molar-refractivity contribution in [2.75, 3.05) is 31.2 Å². The molecule has 77 heavy (non-hydrogen) atoms. The third-order valence-corrected chi connectivity index (χ3v) is 8.97. The number of hydrogen-bond acceptors (Lipinski definition) is 23. The van der Waals surface area contributed by atoms with Crippen LogP contribution >= 0.6 is 29.4 Å². The van der Waals surface area contributed by atoms with E-state index >= 15 is 0 Å². The molecule has 1 rings (SSSR count). The van der Waals surface area contributed by atoms with Crippen molar-refractivity contribution in [2.45, 2.75) is 80.6 Å². The first kappa shape index (κ1) is 136. The zero-order valence-corrected chi connectivity index (χ0v) is 65.6. The normalized spacial score (nSPS) is 15.8. The summed E-state index contributed by atoms with van der Waals surface area (Å²) in [5.74, 6) is -8.81. The molecule has 0 saturated carbocycles. The van der Waals surface area contributed by atoms with Crippen LogP contribution in [-0.2, 0) is 47.7 Å². The fourth-order valence-corrected chi connectivity index (χ4v) is 5.93. The number of carbonyl (C=O) groups excluding carboxylic acids is 4. The first-order valence-electron chi connectivity index (χ1n) is 16.4. The summed E-state index contributed by atoms with van der Waals surface area (Å²) in [6.45, 7) is -2.01. The molecular weight excluding hydrogens is 1370 g/mol. The second kappa shape index (κ2) is 79.9. The third kappa shape index (κ3) is 83.9. The molecule has 4 amide bonds. The molecule has 419 valence electrons. The molecule has 23 N–H and O–H groups in total. The van der Waals surface area contributed by atoms with E-state index in [1.165, 1.54) is 0 Å². The predicted octanol–water partition coefficient (Wildman–Crippen LogP) is -45.4. The minimum Gasteiger partial charge on any atom is -1.00 e. The van der Waals surface area contributed by atoms with Gasteiger partial charge in [-0.1, -0.05) is 21.6 Å². The Morgan fingerprint density at radius 1 is 0.597 bits per heavy atom. The molecule has 9 atom stereocenters. The van der Waals surface area contributed by atoms with Crippen molar-refractivity contribution < 1.29 is 378 Å². The van der Waals surface area contributed by atoms with Gasteiger partial charge in [0.1, 0.15) is 61.7 Å². The van der Waals surface area contributed by atoms with Crippen molar-refractivity contribution in [1.29, 1.82) is 0 Å². The molecule has 50 heteroatoms. The number of aliphatic hydroxyl groups excluding tert-OH is 5. The largest absolute Gasteiger partial charge is 2.00 e. The Kier molecular flexibility index (Phi) is 141. The molecule has 1 radical (unpaired) electrons. The van der Waals surface area contributed by atoms with E-state index in [0.29, 0.717) is 0 Å². The van der Waals surface area contributed by atoms with Crippen LogP contribution in [0.5, 0.6) is 0 Å². The van der Waals surface area contributed by atoms with Crippen LogP contribution in [0.25, 0.3) is 0 Å². The summed E-state index contributed by atoms with van der Waals surface area (Å²) >= 11 is 0. The zero-order chi connectivity index (χ0) is 48.2. The van der Waals surface area contributed by atoms with Crippen LogP contribution in [0.2, 0.25) is 0 Å². The Bertz CT molecular complexity index is 1480. The number of aliphatic hydroxyl groups is 5. The summed E-state index contributed by atoms with van der Waals surface area (Å²) in [5.41, 5.74) is 10.7. The van der Waals surface area contributed by atoms with Gasteiger partial charge in [0.15, 0.2) is 6.29 Å². The van der Waals surface area contributed by atoms with E-state index in [-0.39, 0.29) is 383 Å². The minimum absolute atomic E-state index is 0. The Balaban J connectivity index is -0.0000000456. The van der Waals surface area contributed by atoms with E-state index in [9.17, 15) is 38.4 Å². The third-order valence-electron chi connectivity index (χ3n) is 6.55. The van der Waals surface area contributed by atoms with Gasteiger partial charge in [-0.05, 0) is 12.8 Å². The maximum Gasteiger partial charge on any atom is 2.00 e. The number of carboxylic acid groups (broad SMARTS) is 6. The molecule has 0 bridgehead atoms. The van der Waals surface area contributed by atoms with Crippen LogP contribution in [0.3, 0.4) is 0 Å². The van der Waals surface area contributed by atoms with Gasteiger partial charge in [-0.25, -0.2) is 4.79 Å². The van der Waals surface area contributed by atoms with Crippen LogP contribution in [-0.4, -0.2) is 297 Å². The quantitative estimate of drug-likeness (QED) is 0.0207. The van der Waals surface area contributed by atoms with Crippen molar-refractivity contribution in [2.24, 2.45) is 11.5 Å². The van der Waals surface area contributed by atoms with Crippen molar-refractivity contribution in [3.8, 4) is 0 Å². The summed E-state index contributed by atoms with van der Waals surface area (Å²) in [6, 6.07) is -5.16. The van der Waals surface area contributed by atoms with Crippen LogP contribution in [0.1, 0.15) is 25.7 Å². The average molecular weight is 1420 g/mol. The van der Waals surface area contributed by atoms with E-state index in [4.69, 9.17) is 91.7 Å². The van der Waals surface area contributed by atoms with Gasteiger partial charge in [0.2, 0.25) is 23.6 Å². The summed E-state index contributed by atoms with van der Waals surface area (Å²) in [5, 5.41) is 103. The standard InChI is InChI=1S/C20H32N6O12S2.C6H12O6.CH2O3.Ca.6ClH.K.Mg.5Na.H3O4P.2H2O/c21-9(19(35)36)1-3-13(27)25-11(17(33)23-5-15(29)30)7-39-40-8-12(18(34)24-6-16(31)32)26-14(28)4-2-10(22)20(37)38;7-1-2-3(8)4(9)5(10)6(11)12-2;2-1(3)4;;;;;;;;;;;;;;;1-5(2,3)4;;/h9-12H,1-8,21-22H2,(H,23,33)(H,24,34)(H,25,27)(H,26,28)(H,29,30)(H,31,32)(H,35,36)(H,37,38);2-11H,1H2;(H2,2,3,4);;6*1H;;;;;;;;(H3,1,2,3,4);2*1H2/q;;;+2;;;;;;;+1;+2;;4*+1;;;/p-9/t9-,10-,11-,12-;;;;;;;;;;;;;;;;;;;/m0.................../s1. The molecule has 1 fully saturated rings. The molecule has 0 spiro atoms. The molecule has 1 heterocycles. The van der Waals surface area contributed by atoms with Gasteiger partial charge >= 0.3 is 260 Å². The summed E-state index contributed by atoms with van der Waals surface area (Å²) in [6.07, 6.45) is -10.00. The summed E-state index contributed by atoms with van der Waals surface area (Å²) in [7, 11) is -3.50. The smallest absolute Gasteiger partial charge is 1.00 e. The van der Waals surface area contributed by atoms with Gasteiger partial charge in [-0.3, -0.25) is 38.4 Å². The Morgan fingerprint density at radius 3 is 1.08 bits per heavy atom. The van der Waals surface area contributed by atoms with Gasteiger partial charge in [0.25, 0.3) is 0 Å². The molecule has 33 nitrogen and oxygen atoms in total. The predicted molar refractivity (Wildman–Crippen MR) is 218 cm³/mol. The first-order valence-corrected chi connectivity index (χ1v) is 20.3. The molecule has 0 aromatic carbocycles. The number of nitrogens with one attached hydrogen (secondary N) is 4. The first-order chi connectivity index (χ1) is 27.9. The fourth-order valence-electron chi connectivity index (χ4n) is 3.60. The number of nitrogens with two attached hydrogens (primary N) is 2. The Labute approximate surface area is 683 Å². The molecule has 1 aliphatic heterocycles. The van der Waals surface area contributed by atoms with Gasteiger partial charge in [0.05, 0.1) is 6.61 Å². The average Bonchev–Trinajstić information content (AvgIpc) is 3.14. The van der Waals surface area contributed by atoms with E-state index in [0.717, 1.165) is 21.6 Å². The maximum atomic E-state index is 12.4. The van der Waals surface area contributed by atoms with Gasteiger partial charge in [0, 0.05) is 53.9 Å². The number of phosphoric acid groups is 1. The van der Waals surface area contributed by atoms with Gasteiger partial charge in [-0.2, -0.15) is 7.82 Å². The number of carboxylic acids is 4. The molecule has 0 aliphatic carbocycles. The molecule has 1 aliphatic rings. The van der Waals surface area contributed by atoms with Crippen molar-refractivity contribution in [3.05, 3.63) is 0 Å². The fraction of sp³-hybridized carbons (Fsp3) is 0.667. The molecule has 0 aromatic rings. The number of carbonyl (C=O) groups is 9. The van der Waals surface area contributed by atoms with Crippen LogP contribution in [0, 0.1) is 0 Å². The summed E-state index contributed by atoms with van der Waals surface area (Å²) in [4.78, 5) is 126. The molecule has 1 saturated heterocycles. The topological polar surface area (TPSA) is 635 Å². The van der Waals surface area contributed by atoms with Crippen LogP contribution in [0.4, 0.5) is 4.79 Å². The second-order valence-corrected chi connectivity index (χ2v) is 14.9. The van der Waals surface area contributed by atoms with Crippen LogP contribution in [0.15, 0.2) is 0 Å². The monoisotopic (exact) mass is 1410 g/mol. The van der Waals surface area contributed by atoms with E-state index < -0.39 is 136 Å². The SMILES string of the molecule is N[C@@H](CCC(=O)N[C@@H](CSSC[C@H](NC(=O)CC[C@H](N)C(=O)O)C(=O)NCC(=O)O)C(=O)NCC(=O)O)C(=O)O.O.O.O=C(O)O.O=P([O-])([O-])[O-].OCC1OC(O)C(O)C(O)C1O.[Ca+2].[Cl-].[Cl-].[Cl-].[Cl-].[Cl-].[Cl-].[K+].[Mg+2].[Na+].[Na+].[Na+].[Na+].[Na]. The number of hydrogen-bond donors (Lipinski definition) is 17. The molecule has 0 aromatic heterocycles. The van der Waals surface area contributed by atoms with E-state index in [1.807, 2.05) is 0 Å². The number of aliphatic carboxylic acids is 4. The van der Waals surface area contributed by atoms with Crippen molar-refractivity contribution in [3.63, 3.8) is 0 Å². The van der Waals surface area contributed by atoms with Crippen LogP contribution < -0.4 is 291 Å². The second-order valence-electron chi connectivity index (χ2n) is 11.4. The van der Waals surface area contributed by atoms with E-state index in [2.05, 4.69) is 26.0 Å². The number of amides is 4. The summed E-state index contributed by atoms with van der Waals surface area (Å²) < 4.78 is 13.1. The van der Waals surface area contributed by atoms with Gasteiger partial charge < -0.3 is 198 Å². The minimum atomic E-state index is -5.39. The maximum absolute atomic E-state index is 12.4. The molecular formula is C27H50CaCl6KMgN6Na5O27PS2. The Hall–Kier alpha value is 5.84. The van der Waals surface area contributed by atoms with Crippen molar-refractivity contribution in [1.82, 2.24) is 21.3 Å². The number of ether oxygens (including phenoxy) is 1. The number of halogens is 6. The number of rotatable bonds is 22. The van der Waals surface area contributed by atoms with E-state index in [1.54, 1.807) is 0 Å². The van der Waals surface area contributed by atoms with Crippen molar-refractivity contribution >= 4 is 173 Å². The Morgan fingerprint density at radius 2 is 0.857 bits per heavy atom. The zero-order valence-electron chi connectivity index (χ0n) is 41.8. The molecule has 5 unspecified atom stereocenters. The van der Waals surface area contributed by atoms with Gasteiger partial charge in [-0.15, -0.1) is 0 Å².